The maximum Gasteiger partial charge on any atom is 0.227 e. The zero-order valence-electron chi connectivity index (χ0n) is 14.5. The van der Waals surface area contributed by atoms with Gasteiger partial charge in [-0.1, -0.05) is 31.4 Å². The molecule has 3 aromatic rings. The predicted octanol–water partition coefficient (Wildman–Crippen LogP) is 4.83. The van der Waals surface area contributed by atoms with Gasteiger partial charge in [0.2, 0.25) is 5.91 Å². The fourth-order valence-corrected chi connectivity index (χ4v) is 3.56. The summed E-state index contributed by atoms with van der Waals surface area (Å²) in [6, 6.07) is 12.1. The van der Waals surface area contributed by atoms with Crippen molar-refractivity contribution in [3.63, 3.8) is 0 Å². The Morgan fingerprint density at radius 1 is 1.12 bits per heavy atom. The lowest BCUT2D eigenvalue weighted by molar-refractivity contribution is -0.120. The lowest BCUT2D eigenvalue weighted by Gasteiger charge is -2.20. The maximum atomic E-state index is 12.3. The number of nitrogens with zero attached hydrogens (tertiary/aromatic N) is 2. The van der Waals surface area contributed by atoms with Crippen LogP contribution in [0, 0.1) is 12.8 Å². The van der Waals surface area contributed by atoms with E-state index in [2.05, 4.69) is 29.4 Å². The van der Waals surface area contributed by atoms with Crippen LogP contribution in [-0.2, 0) is 4.79 Å². The van der Waals surface area contributed by atoms with Crippen LogP contribution in [0.4, 0.5) is 5.69 Å². The van der Waals surface area contributed by atoms with Crippen LogP contribution < -0.4 is 5.32 Å². The monoisotopic (exact) mass is 333 g/mol. The van der Waals surface area contributed by atoms with E-state index in [4.69, 9.17) is 0 Å². The van der Waals surface area contributed by atoms with Gasteiger partial charge in [-0.25, -0.2) is 4.98 Å². The number of benzene rings is 1. The lowest BCUT2D eigenvalue weighted by Crippen LogP contribution is -2.24. The van der Waals surface area contributed by atoms with E-state index in [1.54, 1.807) is 0 Å². The quantitative estimate of drug-likeness (QED) is 0.746. The lowest BCUT2D eigenvalue weighted by atomic mass is 9.88. The average molecular weight is 333 g/mol. The van der Waals surface area contributed by atoms with Gasteiger partial charge in [-0.15, -0.1) is 0 Å². The summed E-state index contributed by atoms with van der Waals surface area (Å²) in [5.74, 6) is 0.339. The second kappa shape index (κ2) is 6.71. The van der Waals surface area contributed by atoms with Crippen molar-refractivity contribution in [1.82, 2.24) is 9.38 Å². The molecular weight excluding hydrogens is 310 g/mol. The minimum absolute atomic E-state index is 0.163. The van der Waals surface area contributed by atoms with Crippen molar-refractivity contribution in [1.29, 1.82) is 0 Å². The van der Waals surface area contributed by atoms with E-state index in [0.717, 1.165) is 35.4 Å². The molecular formula is C21H23N3O. The van der Waals surface area contributed by atoms with Crippen LogP contribution in [0.2, 0.25) is 0 Å². The number of aryl methyl sites for hydroxylation is 1. The van der Waals surface area contributed by atoms with E-state index in [1.165, 1.54) is 24.8 Å². The Kier molecular flexibility index (Phi) is 4.26. The molecule has 4 nitrogen and oxygen atoms in total. The van der Waals surface area contributed by atoms with Gasteiger partial charge in [0.15, 0.2) is 0 Å². The third-order valence-corrected chi connectivity index (χ3v) is 5.04. The number of rotatable bonds is 3. The van der Waals surface area contributed by atoms with E-state index >= 15 is 0 Å². The molecule has 2 aromatic heterocycles. The van der Waals surface area contributed by atoms with Gasteiger partial charge in [0.05, 0.1) is 5.69 Å². The smallest absolute Gasteiger partial charge is 0.227 e. The summed E-state index contributed by atoms with van der Waals surface area (Å²) in [5, 5.41) is 3.06. The molecule has 1 aliphatic carbocycles. The molecule has 1 aromatic carbocycles. The number of hydrogen-bond acceptors (Lipinski definition) is 2. The summed E-state index contributed by atoms with van der Waals surface area (Å²) in [6.45, 7) is 2.07. The average Bonchev–Trinajstić information content (AvgIpc) is 3.06. The van der Waals surface area contributed by atoms with Gasteiger partial charge in [-0.3, -0.25) is 4.79 Å². The summed E-state index contributed by atoms with van der Waals surface area (Å²) in [4.78, 5) is 17.0. The van der Waals surface area contributed by atoms with Gasteiger partial charge < -0.3 is 9.72 Å². The van der Waals surface area contributed by atoms with Crippen LogP contribution in [0.1, 0.15) is 37.7 Å². The molecule has 1 amide bonds. The minimum atomic E-state index is 0.163. The van der Waals surface area contributed by atoms with E-state index in [9.17, 15) is 4.79 Å². The van der Waals surface area contributed by atoms with Crippen LogP contribution in [-0.4, -0.2) is 15.3 Å². The first-order valence-electron chi connectivity index (χ1n) is 9.06. The molecule has 1 aliphatic rings. The Morgan fingerprint density at radius 3 is 2.64 bits per heavy atom. The summed E-state index contributed by atoms with van der Waals surface area (Å²) in [5.41, 5.74) is 5.00. The van der Waals surface area contributed by atoms with Crippen molar-refractivity contribution in [2.45, 2.75) is 39.0 Å². The Bertz CT molecular complexity index is 889. The number of fused-ring (bicyclic) bond motifs is 1. The van der Waals surface area contributed by atoms with Crippen LogP contribution in [0.3, 0.4) is 0 Å². The van der Waals surface area contributed by atoms with Crippen molar-refractivity contribution in [2.75, 3.05) is 5.32 Å². The zero-order valence-corrected chi connectivity index (χ0v) is 14.5. The van der Waals surface area contributed by atoms with E-state index in [0.29, 0.717) is 0 Å². The number of nitrogens with one attached hydrogen (secondary N) is 1. The Hall–Kier alpha value is -2.62. The first-order chi connectivity index (χ1) is 12.2. The minimum Gasteiger partial charge on any atom is -0.326 e. The van der Waals surface area contributed by atoms with Gasteiger partial charge in [0, 0.05) is 29.6 Å². The number of hydrogen-bond donors (Lipinski definition) is 1. The molecule has 0 aliphatic heterocycles. The van der Waals surface area contributed by atoms with Crippen LogP contribution >= 0.6 is 0 Å². The molecule has 2 heterocycles. The molecule has 0 bridgehead atoms. The maximum absolute atomic E-state index is 12.3. The zero-order chi connectivity index (χ0) is 17.2. The van der Waals surface area contributed by atoms with Crippen LogP contribution in [0.5, 0.6) is 0 Å². The number of pyridine rings is 1. The van der Waals surface area contributed by atoms with Crippen LogP contribution in [0.15, 0.2) is 48.8 Å². The van der Waals surface area contributed by atoms with Gasteiger partial charge in [0.1, 0.15) is 5.65 Å². The number of carbonyl (C=O) groups is 1. The molecule has 0 atom stereocenters. The fourth-order valence-electron chi connectivity index (χ4n) is 3.56. The van der Waals surface area contributed by atoms with E-state index in [1.807, 2.05) is 41.1 Å². The van der Waals surface area contributed by atoms with Crippen molar-refractivity contribution in [3.05, 3.63) is 54.4 Å². The Morgan fingerprint density at radius 2 is 1.88 bits per heavy atom. The van der Waals surface area contributed by atoms with Crippen LogP contribution in [0.25, 0.3) is 16.9 Å². The van der Waals surface area contributed by atoms with E-state index < -0.39 is 0 Å². The normalized spacial score (nSPS) is 15.4. The SMILES string of the molecule is Cc1ccn2cc(-c3ccc(NC(=O)C4CCCCC4)cc3)nc2c1. The predicted molar refractivity (Wildman–Crippen MR) is 101 cm³/mol. The van der Waals surface area contributed by atoms with Gasteiger partial charge in [-0.05, 0) is 49.6 Å². The van der Waals surface area contributed by atoms with E-state index in [-0.39, 0.29) is 11.8 Å². The first-order valence-corrected chi connectivity index (χ1v) is 9.06. The van der Waals surface area contributed by atoms with Gasteiger partial charge in [-0.2, -0.15) is 0 Å². The number of anilines is 1. The molecule has 1 saturated carbocycles. The third-order valence-electron chi connectivity index (χ3n) is 5.04. The number of amides is 1. The highest BCUT2D eigenvalue weighted by Crippen LogP contribution is 2.26. The highest BCUT2D eigenvalue weighted by molar-refractivity contribution is 5.92. The molecule has 1 N–H and O–H groups in total. The second-order valence-electron chi connectivity index (χ2n) is 7.00. The van der Waals surface area contributed by atoms with Crippen molar-refractivity contribution in [2.24, 2.45) is 5.92 Å². The molecule has 1 fully saturated rings. The number of imidazole rings is 1. The highest BCUT2D eigenvalue weighted by Gasteiger charge is 2.20. The molecule has 25 heavy (non-hydrogen) atoms. The molecule has 4 heteroatoms. The highest BCUT2D eigenvalue weighted by atomic mass is 16.1. The fraction of sp³-hybridized carbons (Fsp3) is 0.333. The number of aromatic nitrogens is 2. The molecule has 0 saturated heterocycles. The second-order valence-corrected chi connectivity index (χ2v) is 7.00. The summed E-state index contributed by atoms with van der Waals surface area (Å²) in [7, 11) is 0. The summed E-state index contributed by atoms with van der Waals surface area (Å²) >= 11 is 0. The van der Waals surface area contributed by atoms with Gasteiger partial charge >= 0.3 is 0 Å². The number of carbonyl (C=O) groups excluding carboxylic acids is 1. The topological polar surface area (TPSA) is 46.4 Å². The van der Waals surface area contributed by atoms with Crippen molar-refractivity contribution in [3.8, 4) is 11.3 Å². The Labute approximate surface area is 147 Å². The Balaban J connectivity index is 1.49. The molecule has 4 rings (SSSR count). The third kappa shape index (κ3) is 3.43. The molecule has 128 valence electrons. The van der Waals surface area contributed by atoms with Crippen molar-refractivity contribution >= 4 is 17.2 Å². The van der Waals surface area contributed by atoms with Crippen molar-refractivity contribution < 1.29 is 4.79 Å². The summed E-state index contributed by atoms with van der Waals surface area (Å²) < 4.78 is 2.03. The molecule has 0 radical (unpaired) electrons. The van der Waals surface area contributed by atoms with Gasteiger partial charge in [0.25, 0.3) is 0 Å². The molecule has 0 spiro atoms. The summed E-state index contributed by atoms with van der Waals surface area (Å²) in [6.07, 6.45) is 9.70. The molecule has 0 unspecified atom stereocenters. The standard InChI is InChI=1S/C21H23N3O/c1-15-11-12-24-14-19(23-20(24)13-15)16-7-9-18(10-8-16)22-21(25)17-5-3-2-4-6-17/h7-14,17H,2-6H2,1H3,(H,22,25). The largest absolute Gasteiger partial charge is 0.326 e. The first kappa shape index (κ1) is 15.9.